The van der Waals surface area contributed by atoms with Crippen molar-refractivity contribution in [3.63, 3.8) is 0 Å². The Kier molecular flexibility index (Phi) is 6.80. The SMILES string of the molecule is CCCCC(N)CC[C@]1(O)O[C@H]([C@H](O)CO)[C@H](O)[C@H]1O. The first kappa shape index (κ1) is 17.8. The second-order valence-electron chi connectivity index (χ2n) is 5.55. The van der Waals surface area contributed by atoms with Crippen LogP contribution in [0.15, 0.2) is 0 Å². The summed E-state index contributed by atoms with van der Waals surface area (Å²) < 4.78 is 5.17. The van der Waals surface area contributed by atoms with Gasteiger partial charge in [0.2, 0.25) is 0 Å². The van der Waals surface area contributed by atoms with Crippen LogP contribution in [0, 0.1) is 0 Å². The fourth-order valence-electron chi connectivity index (χ4n) is 2.44. The lowest BCUT2D eigenvalue weighted by Gasteiger charge is -2.27. The number of hydrogen-bond acceptors (Lipinski definition) is 7. The molecule has 7 N–H and O–H groups in total. The van der Waals surface area contributed by atoms with Crippen molar-refractivity contribution >= 4 is 0 Å². The molecule has 1 unspecified atom stereocenters. The van der Waals surface area contributed by atoms with E-state index < -0.39 is 36.8 Å². The van der Waals surface area contributed by atoms with E-state index in [0.717, 1.165) is 19.3 Å². The summed E-state index contributed by atoms with van der Waals surface area (Å²) in [6.45, 7) is 1.43. The first-order chi connectivity index (χ1) is 9.35. The third-order valence-corrected chi connectivity index (χ3v) is 3.83. The Morgan fingerprint density at radius 3 is 2.50 bits per heavy atom. The molecule has 20 heavy (non-hydrogen) atoms. The molecule has 1 rings (SSSR count). The average Bonchev–Trinajstić information content (AvgIpc) is 2.67. The van der Waals surface area contributed by atoms with Crippen LogP contribution in [0.4, 0.5) is 0 Å². The summed E-state index contributed by atoms with van der Waals surface area (Å²) >= 11 is 0. The summed E-state index contributed by atoms with van der Waals surface area (Å²) in [5, 5.41) is 48.2. The van der Waals surface area contributed by atoms with Crippen molar-refractivity contribution in [2.24, 2.45) is 5.73 Å². The number of ether oxygens (including phenoxy) is 1. The first-order valence-corrected chi connectivity index (χ1v) is 7.16. The summed E-state index contributed by atoms with van der Waals surface area (Å²) in [4.78, 5) is 0. The van der Waals surface area contributed by atoms with Gasteiger partial charge in [0.1, 0.15) is 24.4 Å². The Balaban J connectivity index is 2.55. The van der Waals surface area contributed by atoms with Crippen LogP contribution in [0.5, 0.6) is 0 Å². The summed E-state index contributed by atoms with van der Waals surface area (Å²) in [5.41, 5.74) is 5.90. The Morgan fingerprint density at radius 1 is 1.30 bits per heavy atom. The summed E-state index contributed by atoms with van der Waals surface area (Å²) in [5.74, 6) is -1.94. The van der Waals surface area contributed by atoms with Gasteiger partial charge in [-0.25, -0.2) is 0 Å². The molecule has 0 saturated carbocycles. The van der Waals surface area contributed by atoms with E-state index in [0.29, 0.717) is 6.42 Å². The van der Waals surface area contributed by atoms with Crippen LogP contribution in [0.2, 0.25) is 0 Å². The van der Waals surface area contributed by atoms with E-state index in [1.807, 2.05) is 0 Å². The van der Waals surface area contributed by atoms with Gasteiger partial charge in [-0.2, -0.15) is 0 Å². The van der Waals surface area contributed by atoms with Crippen LogP contribution in [-0.2, 0) is 4.74 Å². The lowest BCUT2D eigenvalue weighted by molar-refractivity contribution is -0.242. The van der Waals surface area contributed by atoms with Gasteiger partial charge < -0.3 is 36.0 Å². The molecule has 1 fully saturated rings. The topological polar surface area (TPSA) is 136 Å². The second kappa shape index (κ2) is 7.65. The maximum Gasteiger partial charge on any atom is 0.195 e. The third kappa shape index (κ3) is 4.11. The molecule has 0 radical (unpaired) electrons. The minimum absolute atomic E-state index is 0.0603. The zero-order valence-corrected chi connectivity index (χ0v) is 11.9. The van der Waals surface area contributed by atoms with Crippen LogP contribution in [-0.4, -0.2) is 68.4 Å². The molecule has 0 aromatic carbocycles. The number of hydrogen-bond donors (Lipinski definition) is 6. The molecular weight excluding hydrogens is 266 g/mol. The molecule has 0 amide bonds. The van der Waals surface area contributed by atoms with Crippen molar-refractivity contribution in [3.05, 3.63) is 0 Å². The van der Waals surface area contributed by atoms with Gasteiger partial charge in [0, 0.05) is 12.5 Å². The van der Waals surface area contributed by atoms with Crippen molar-refractivity contribution in [3.8, 4) is 0 Å². The molecule has 1 aliphatic heterocycles. The van der Waals surface area contributed by atoms with Gasteiger partial charge >= 0.3 is 0 Å². The largest absolute Gasteiger partial charge is 0.394 e. The lowest BCUT2D eigenvalue weighted by atomic mass is 9.96. The maximum absolute atomic E-state index is 10.2. The van der Waals surface area contributed by atoms with Crippen molar-refractivity contribution < 1.29 is 30.3 Å². The van der Waals surface area contributed by atoms with E-state index in [1.54, 1.807) is 0 Å². The van der Waals surface area contributed by atoms with E-state index in [4.69, 9.17) is 15.6 Å². The highest BCUT2D eigenvalue weighted by atomic mass is 16.7. The maximum atomic E-state index is 10.2. The average molecular weight is 293 g/mol. The van der Waals surface area contributed by atoms with Crippen LogP contribution in [0.3, 0.4) is 0 Å². The van der Waals surface area contributed by atoms with E-state index in [2.05, 4.69) is 6.92 Å². The van der Waals surface area contributed by atoms with Gasteiger partial charge in [0.15, 0.2) is 5.79 Å². The number of aliphatic hydroxyl groups excluding tert-OH is 4. The molecule has 7 nitrogen and oxygen atoms in total. The van der Waals surface area contributed by atoms with Crippen LogP contribution in [0.1, 0.15) is 39.0 Å². The van der Waals surface area contributed by atoms with Crippen LogP contribution >= 0.6 is 0 Å². The molecule has 0 aromatic heterocycles. The fraction of sp³-hybridized carbons (Fsp3) is 1.00. The number of rotatable bonds is 8. The highest BCUT2D eigenvalue weighted by molar-refractivity contribution is 4.98. The van der Waals surface area contributed by atoms with Gasteiger partial charge in [-0.15, -0.1) is 0 Å². The van der Waals surface area contributed by atoms with Crippen molar-refractivity contribution in [2.75, 3.05) is 6.61 Å². The molecule has 0 bridgehead atoms. The van der Waals surface area contributed by atoms with Gasteiger partial charge in [-0.05, 0) is 12.8 Å². The van der Waals surface area contributed by atoms with Crippen LogP contribution in [0.25, 0.3) is 0 Å². The van der Waals surface area contributed by atoms with Gasteiger partial charge in [-0.1, -0.05) is 19.8 Å². The summed E-state index contributed by atoms with van der Waals surface area (Å²) in [6, 6.07) is -0.117. The Bertz CT molecular complexity index is 292. The minimum atomic E-state index is -1.94. The molecule has 7 heteroatoms. The number of nitrogens with two attached hydrogens (primary N) is 1. The van der Waals surface area contributed by atoms with E-state index >= 15 is 0 Å². The molecule has 1 aliphatic rings. The standard InChI is InChI=1S/C13H27NO6/c1-2-3-4-8(14)5-6-13(19)12(18)10(17)11(20-13)9(16)7-15/h8-12,15-19H,2-7,14H2,1H3/t8?,9-,10+,11-,12-,13+/m1/s1. The molecule has 6 atom stereocenters. The predicted molar refractivity (Wildman–Crippen MR) is 71.7 cm³/mol. The summed E-state index contributed by atoms with van der Waals surface area (Å²) in [7, 11) is 0. The number of aliphatic hydroxyl groups is 5. The van der Waals surface area contributed by atoms with Gasteiger partial charge in [-0.3, -0.25) is 0 Å². The Hall–Kier alpha value is -0.280. The molecule has 0 aliphatic carbocycles. The highest BCUT2D eigenvalue weighted by Gasteiger charge is 2.54. The van der Waals surface area contributed by atoms with Crippen molar-refractivity contribution in [2.45, 2.75) is 75.3 Å². The highest BCUT2D eigenvalue weighted by Crippen LogP contribution is 2.34. The molecule has 1 heterocycles. The molecule has 0 aromatic rings. The predicted octanol–water partition coefficient (Wildman–Crippen LogP) is -1.55. The van der Waals surface area contributed by atoms with Gasteiger partial charge in [0.05, 0.1) is 6.61 Å². The molecule has 0 spiro atoms. The monoisotopic (exact) mass is 293 g/mol. The van der Waals surface area contributed by atoms with Crippen molar-refractivity contribution in [1.82, 2.24) is 0 Å². The molecule has 120 valence electrons. The Labute approximate surface area is 119 Å². The Morgan fingerprint density at radius 2 is 1.95 bits per heavy atom. The fourth-order valence-corrected chi connectivity index (χ4v) is 2.44. The van der Waals surface area contributed by atoms with Crippen LogP contribution < -0.4 is 5.73 Å². The molecule has 1 saturated heterocycles. The van der Waals surface area contributed by atoms with E-state index in [-0.39, 0.29) is 12.5 Å². The second-order valence-corrected chi connectivity index (χ2v) is 5.55. The number of unbranched alkanes of at least 4 members (excludes halogenated alkanes) is 1. The van der Waals surface area contributed by atoms with E-state index in [9.17, 15) is 20.4 Å². The zero-order chi connectivity index (χ0) is 15.3. The molecular formula is C13H27NO6. The third-order valence-electron chi connectivity index (χ3n) is 3.83. The van der Waals surface area contributed by atoms with E-state index in [1.165, 1.54) is 0 Å². The van der Waals surface area contributed by atoms with Gasteiger partial charge in [0.25, 0.3) is 0 Å². The smallest absolute Gasteiger partial charge is 0.195 e. The van der Waals surface area contributed by atoms with Crippen molar-refractivity contribution in [1.29, 1.82) is 0 Å². The zero-order valence-electron chi connectivity index (χ0n) is 11.9. The lowest BCUT2D eigenvalue weighted by Crippen LogP contribution is -2.44. The minimum Gasteiger partial charge on any atom is -0.394 e. The summed E-state index contributed by atoms with van der Waals surface area (Å²) in [6.07, 6.45) is -2.24. The quantitative estimate of drug-likeness (QED) is 0.319. The first-order valence-electron chi connectivity index (χ1n) is 7.16. The normalized spacial score (nSPS) is 37.0.